The van der Waals surface area contributed by atoms with Gasteiger partial charge in [-0.1, -0.05) is 18.2 Å². The topological polar surface area (TPSA) is 65.1 Å². The first kappa shape index (κ1) is 15.1. The summed E-state index contributed by atoms with van der Waals surface area (Å²) in [5.74, 6) is 0.172. The molecule has 0 fully saturated rings. The molecule has 0 bridgehead atoms. The Labute approximate surface area is 120 Å². The highest BCUT2D eigenvalue weighted by molar-refractivity contribution is 7.91. The van der Waals surface area contributed by atoms with Crippen LogP contribution in [-0.2, 0) is 22.8 Å². The predicted molar refractivity (Wildman–Crippen MR) is 83.6 cm³/mol. The maximum atomic E-state index is 11.9. The van der Waals surface area contributed by atoms with E-state index < -0.39 is 9.84 Å². The number of sulfone groups is 1. The van der Waals surface area contributed by atoms with Crippen molar-refractivity contribution in [2.45, 2.75) is 32.1 Å². The van der Waals surface area contributed by atoms with Gasteiger partial charge in [-0.3, -0.25) is 0 Å². The van der Waals surface area contributed by atoms with Crippen LogP contribution in [0, 0.1) is 0 Å². The number of rotatable bonds is 6. The fourth-order valence-electron chi connectivity index (χ4n) is 2.35. The second kappa shape index (κ2) is 5.97. The standard InChI is InChI=1S/C15H22N2O2S/c1-12(2)20(18,19)11-10-17-9-7-14-5-3-4-13(6-8-16)15(14)17/h3-5,7,9,12H,6,8,10-11,16H2,1-2H3. The Hall–Kier alpha value is -1.33. The molecule has 20 heavy (non-hydrogen) atoms. The molecule has 0 saturated heterocycles. The molecule has 110 valence electrons. The van der Waals surface area contributed by atoms with Gasteiger partial charge in [0.05, 0.1) is 16.5 Å². The van der Waals surface area contributed by atoms with Crippen molar-refractivity contribution in [3.8, 4) is 0 Å². The molecule has 2 aromatic rings. The number of hydrogen-bond donors (Lipinski definition) is 1. The Morgan fingerprint density at radius 1 is 1.25 bits per heavy atom. The number of aryl methyl sites for hydroxylation is 1. The number of fused-ring (bicyclic) bond motifs is 1. The van der Waals surface area contributed by atoms with E-state index in [0.717, 1.165) is 17.3 Å². The summed E-state index contributed by atoms with van der Waals surface area (Å²) in [5, 5.41) is 0.811. The lowest BCUT2D eigenvalue weighted by Gasteiger charge is -2.11. The van der Waals surface area contributed by atoms with Crippen LogP contribution in [0.15, 0.2) is 30.5 Å². The van der Waals surface area contributed by atoms with Crippen LogP contribution in [0.5, 0.6) is 0 Å². The van der Waals surface area contributed by atoms with Crippen molar-refractivity contribution in [3.63, 3.8) is 0 Å². The molecule has 1 aromatic carbocycles. The van der Waals surface area contributed by atoms with E-state index in [0.29, 0.717) is 13.1 Å². The smallest absolute Gasteiger partial charge is 0.154 e. The Morgan fingerprint density at radius 2 is 2.00 bits per heavy atom. The monoisotopic (exact) mass is 294 g/mol. The summed E-state index contributed by atoms with van der Waals surface area (Å²) in [5.41, 5.74) is 7.93. The summed E-state index contributed by atoms with van der Waals surface area (Å²) < 4.78 is 25.9. The Balaban J connectivity index is 2.31. The highest BCUT2D eigenvalue weighted by Crippen LogP contribution is 2.21. The molecule has 1 heterocycles. The van der Waals surface area contributed by atoms with Gasteiger partial charge in [0.1, 0.15) is 0 Å². The van der Waals surface area contributed by atoms with Crippen LogP contribution < -0.4 is 5.73 Å². The minimum atomic E-state index is -3.01. The van der Waals surface area contributed by atoms with Gasteiger partial charge in [-0.25, -0.2) is 8.42 Å². The number of nitrogens with two attached hydrogens (primary N) is 1. The van der Waals surface area contributed by atoms with Crippen molar-refractivity contribution >= 4 is 20.7 Å². The zero-order valence-corrected chi connectivity index (χ0v) is 12.9. The third-order valence-corrected chi connectivity index (χ3v) is 5.81. The van der Waals surface area contributed by atoms with Crippen molar-refractivity contribution in [1.82, 2.24) is 4.57 Å². The van der Waals surface area contributed by atoms with Gasteiger partial charge in [-0.05, 0) is 43.8 Å². The lowest BCUT2D eigenvalue weighted by atomic mass is 10.1. The van der Waals surface area contributed by atoms with Crippen molar-refractivity contribution < 1.29 is 8.42 Å². The summed E-state index contributed by atoms with van der Waals surface area (Å²) in [4.78, 5) is 0. The molecule has 2 rings (SSSR count). The molecule has 0 radical (unpaired) electrons. The Kier molecular flexibility index (Phi) is 4.50. The lowest BCUT2D eigenvalue weighted by molar-refractivity contribution is 0.581. The molecule has 2 N–H and O–H groups in total. The molecule has 0 unspecified atom stereocenters. The quantitative estimate of drug-likeness (QED) is 0.886. The van der Waals surface area contributed by atoms with Crippen molar-refractivity contribution in [3.05, 3.63) is 36.0 Å². The van der Waals surface area contributed by atoms with E-state index in [1.807, 2.05) is 29.0 Å². The van der Waals surface area contributed by atoms with Gasteiger partial charge in [0, 0.05) is 12.7 Å². The van der Waals surface area contributed by atoms with E-state index in [2.05, 4.69) is 6.07 Å². The van der Waals surface area contributed by atoms with Gasteiger partial charge >= 0.3 is 0 Å². The van der Waals surface area contributed by atoms with Crippen LogP contribution in [0.4, 0.5) is 0 Å². The second-order valence-corrected chi connectivity index (χ2v) is 8.00. The van der Waals surface area contributed by atoms with Crippen LogP contribution >= 0.6 is 0 Å². The highest BCUT2D eigenvalue weighted by Gasteiger charge is 2.16. The van der Waals surface area contributed by atoms with Gasteiger partial charge in [-0.15, -0.1) is 0 Å². The molecular formula is C15H22N2O2S. The van der Waals surface area contributed by atoms with Crippen molar-refractivity contribution in [2.75, 3.05) is 12.3 Å². The first-order valence-corrected chi connectivity index (χ1v) is 8.65. The summed E-state index contributed by atoms with van der Waals surface area (Å²) in [7, 11) is -3.01. The van der Waals surface area contributed by atoms with Gasteiger partial charge in [0.2, 0.25) is 0 Å². The Bertz CT molecular complexity index is 687. The highest BCUT2D eigenvalue weighted by atomic mass is 32.2. The van der Waals surface area contributed by atoms with Crippen LogP contribution in [0.2, 0.25) is 0 Å². The summed E-state index contributed by atoms with van der Waals surface area (Å²) in [6.07, 6.45) is 2.76. The number of aromatic nitrogens is 1. The normalized spacial score (nSPS) is 12.4. The molecule has 0 saturated carbocycles. The fourth-order valence-corrected chi connectivity index (χ4v) is 3.27. The number of para-hydroxylation sites is 1. The molecule has 0 atom stereocenters. The molecule has 0 aliphatic heterocycles. The fraction of sp³-hybridized carbons (Fsp3) is 0.467. The minimum Gasteiger partial charge on any atom is -0.346 e. The van der Waals surface area contributed by atoms with Crippen LogP contribution in [0.1, 0.15) is 19.4 Å². The second-order valence-electron chi connectivity index (χ2n) is 5.32. The number of benzene rings is 1. The summed E-state index contributed by atoms with van der Waals surface area (Å²) >= 11 is 0. The molecule has 0 aliphatic carbocycles. The van der Waals surface area contributed by atoms with Crippen LogP contribution in [-0.4, -0.2) is 30.5 Å². The third kappa shape index (κ3) is 3.04. The average Bonchev–Trinajstić information content (AvgIpc) is 2.81. The average molecular weight is 294 g/mol. The number of hydrogen-bond acceptors (Lipinski definition) is 3. The summed E-state index contributed by atoms with van der Waals surface area (Å²) in [6.45, 7) is 4.53. The van der Waals surface area contributed by atoms with Gasteiger partial charge in [-0.2, -0.15) is 0 Å². The lowest BCUT2D eigenvalue weighted by Crippen LogP contribution is -2.21. The van der Waals surface area contributed by atoms with E-state index in [-0.39, 0.29) is 11.0 Å². The predicted octanol–water partition coefficient (Wildman–Crippen LogP) is 1.97. The maximum Gasteiger partial charge on any atom is 0.154 e. The SMILES string of the molecule is CC(C)S(=O)(=O)CCn1ccc2cccc(CCN)c21. The first-order valence-electron chi connectivity index (χ1n) is 6.94. The van der Waals surface area contributed by atoms with Crippen LogP contribution in [0.3, 0.4) is 0 Å². The van der Waals surface area contributed by atoms with Crippen molar-refractivity contribution in [1.29, 1.82) is 0 Å². The third-order valence-electron chi connectivity index (χ3n) is 3.62. The zero-order valence-electron chi connectivity index (χ0n) is 12.0. The maximum absolute atomic E-state index is 11.9. The van der Waals surface area contributed by atoms with Crippen LogP contribution in [0.25, 0.3) is 10.9 Å². The molecule has 1 aromatic heterocycles. The molecule has 0 aliphatic rings. The molecule has 0 amide bonds. The van der Waals surface area contributed by atoms with Gasteiger partial charge in [0.25, 0.3) is 0 Å². The first-order chi connectivity index (χ1) is 9.45. The van der Waals surface area contributed by atoms with Gasteiger partial charge in [0.15, 0.2) is 9.84 Å². The van der Waals surface area contributed by atoms with E-state index in [9.17, 15) is 8.42 Å². The zero-order chi connectivity index (χ0) is 14.8. The van der Waals surface area contributed by atoms with E-state index in [1.54, 1.807) is 13.8 Å². The minimum absolute atomic E-state index is 0.172. The number of nitrogens with zero attached hydrogens (tertiary/aromatic N) is 1. The Morgan fingerprint density at radius 3 is 2.65 bits per heavy atom. The van der Waals surface area contributed by atoms with Gasteiger partial charge < -0.3 is 10.3 Å². The molecule has 0 spiro atoms. The van der Waals surface area contributed by atoms with E-state index >= 15 is 0 Å². The molecule has 4 nitrogen and oxygen atoms in total. The largest absolute Gasteiger partial charge is 0.346 e. The van der Waals surface area contributed by atoms with E-state index in [1.165, 1.54) is 5.56 Å². The molecule has 5 heteroatoms. The van der Waals surface area contributed by atoms with Crippen molar-refractivity contribution in [2.24, 2.45) is 5.73 Å². The van der Waals surface area contributed by atoms with E-state index in [4.69, 9.17) is 5.73 Å². The summed E-state index contributed by atoms with van der Waals surface area (Å²) in [6, 6.07) is 8.14. The molecular weight excluding hydrogens is 272 g/mol.